The van der Waals surface area contributed by atoms with E-state index in [1.807, 2.05) is 99.6 Å². The molecule has 3 bridgehead atoms. The van der Waals surface area contributed by atoms with Crippen LogP contribution in [0.3, 0.4) is 0 Å². The summed E-state index contributed by atoms with van der Waals surface area (Å²) in [4.78, 5) is 58.8. The number of hydrogen-bond acceptors (Lipinski definition) is 13. The van der Waals surface area contributed by atoms with Crippen molar-refractivity contribution in [3.63, 3.8) is 0 Å². The van der Waals surface area contributed by atoms with Crippen LogP contribution in [0.15, 0.2) is 83.4 Å². The average molecular weight is 1080 g/mol. The molecule has 3 heterocycles. The van der Waals surface area contributed by atoms with Crippen molar-refractivity contribution in [2.24, 2.45) is 26.7 Å². The second kappa shape index (κ2) is 22.2. The number of nitrogens with zero attached hydrogens (tertiary/aromatic N) is 5. The highest BCUT2D eigenvalue weighted by atomic mass is 32.1. The molecule has 78 heavy (non-hydrogen) atoms. The fourth-order valence-electron chi connectivity index (χ4n) is 15.2. The molecular formula is C62H77N7O8S. The van der Waals surface area contributed by atoms with Gasteiger partial charge in [0.25, 0.3) is 5.91 Å². The number of aromatic nitrogens is 2. The van der Waals surface area contributed by atoms with Crippen molar-refractivity contribution in [3.8, 4) is 0 Å². The zero-order chi connectivity index (χ0) is 55.0. The Morgan fingerprint density at radius 3 is 2.54 bits per heavy atom. The minimum atomic E-state index is -1.13. The van der Waals surface area contributed by atoms with Crippen LogP contribution < -0.4 is 15.5 Å². The maximum atomic E-state index is 13.9. The van der Waals surface area contributed by atoms with Crippen molar-refractivity contribution >= 4 is 62.3 Å². The van der Waals surface area contributed by atoms with Gasteiger partial charge in [-0.1, -0.05) is 73.2 Å². The highest BCUT2D eigenvalue weighted by molar-refractivity contribution is 7.22. The molecule has 16 heteroatoms. The number of thiazole rings is 1. The van der Waals surface area contributed by atoms with Crippen LogP contribution in [0.2, 0.25) is 0 Å². The van der Waals surface area contributed by atoms with Crippen molar-refractivity contribution < 1.29 is 39.2 Å². The number of nitrogens with one attached hydrogen (secondary N) is 2. The molecule has 3 aromatic carbocycles. The van der Waals surface area contributed by atoms with Crippen LogP contribution in [-0.4, -0.2) is 113 Å². The average Bonchev–Trinajstić information content (AvgIpc) is 1.72. The van der Waals surface area contributed by atoms with E-state index in [9.17, 15) is 29.7 Å². The van der Waals surface area contributed by atoms with Gasteiger partial charge in [0.1, 0.15) is 19.2 Å². The smallest absolute Gasteiger partial charge is 0.411 e. The van der Waals surface area contributed by atoms with Crippen LogP contribution >= 0.6 is 11.3 Å². The van der Waals surface area contributed by atoms with E-state index < -0.39 is 30.4 Å². The number of ether oxygens (including phenoxy) is 2. The summed E-state index contributed by atoms with van der Waals surface area (Å²) in [5.74, 6) is -0.847. The summed E-state index contributed by atoms with van der Waals surface area (Å²) in [5.41, 5.74) is 8.63. The lowest BCUT2D eigenvalue weighted by Gasteiger charge is -2.64. The van der Waals surface area contributed by atoms with E-state index in [2.05, 4.69) is 41.6 Å². The predicted molar refractivity (Wildman–Crippen MR) is 306 cm³/mol. The number of unbranched alkanes of at least 4 members (excludes halogenated alkanes) is 1. The number of allylic oxidation sites excluding steroid dienone is 2. The molecular weight excluding hydrogens is 1000 g/mol. The van der Waals surface area contributed by atoms with Crippen molar-refractivity contribution in [1.29, 1.82) is 0 Å². The number of amides is 2. The number of carboxylic acid groups (broad SMARTS) is 1. The number of anilines is 2. The van der Waals surface area contributed by atoms with Crippen molar-refractivity contribution in [3.05, 3.63) is 123 Å². The Morgan fingerprint density at radius 2 is 1.77 bits per heavy atom. The number of carboxylic acids is 1. The first-order valence-electron chi connectivity index (χ1n) is 27.9. The van der Waals surface area contributed by atoms with Gasteiger partial charge in [0.05, 0.1) is 28.5 Å². The number of pyridine rings is 1. The summed E-state index contributed by atoms with van der Waals surface area (Å²) in [6.45, 7) is 13.4. The highest BCUT2D eigenvalue weighted by Gasteiger charge is 2.84. The van der Waals surface area contributed by atoms with Gasteiger partial charge in [0, 0.05) is 49.1 Å². The van der Waals surface area contributed by atoms with Gasteiger partial charge >= 0.3 is 12.1 Å². The molecule has 1 aliphatic heterocycles. The van der Waals surface area contributed by atoms with Gasteiger partial charge in [-0.25, -0.2) is 19.6 Å². The van der Waals surface area contributed by atoms with Crippen LogP contribution in [0.25, 0.3) is 15.8 Å². The maximum absolute atomic E-state index is 13.9. The van der Waals surface area contributed by atoms with Gasteiger partial charge in [-0.15, -0.1) is 0 Å². The number of aromatic carboxylic acids is 1. The predicted octanol–water partition coefficient (Wildman–Crippen LogP) is 10.8. The summed E-state index contributed by atoms with van der Waals surface area (Å²) < 4.78 is 14.0. The third-order valence-electron chi connectivity index (χ3n) is 18.5. The number of carbonyl (C=O) groups is 3. The minimum absolute atomic E-state index is 0.0241. The third kappa shape index (κ3) is 10.7. The van der Waals surface area contributed by atoms with Gasteiger partial charge in [0.2, 0.25) is 0 Å². The van der Waals surface area contributed by atoms with Crippen LogP contribution in [0.1, 0.15) is 146 Å². The highest BCUT2D eigenvalue weighted by Crippen LogP contribution is 2.90. The Bertz CT molecular complexity index is 3120. The molecule has 414 valence electrons. The molecule has 2 aromatic heterocycles. The Morgan fingerprint density at radius 1 is 0.949 bits per heavy atom. The number of benzene rings is 3. The molecule has 0 saturated heterocycles. The Hall–Kier alpha value is -6.04. The topological polar surface area (TPSA) is 199 Å². The van der Waals surface area contributed by atoms with Crippen LogP contribution in [0, 0.1) is 28.6 Å². The third-order valence-corrected chi connectivity index (χ3v) is 19.4. The summed E-state index contributed by atoms with van der Waals surface area (Å²) in [7, 11) is 1.97. The Labute approximate surface area is 462 Å². The van der Waals surface area contributed by atoms with E-state index in [0.717, 1.165) is 114 Å². The molecule has 6 unspecified atom stereocenters. The van der Waals surface area contributed by atoms with Crippen molar-refractivity contribution in [2.75, 3.05) is 56.8 Å². The summed E-state index contributed by atoms with van der Waals surface area (Å²) in [5, 5.41) is 37.5. The zero-order valence-corrected chi connectivity index (χ0v) is 47.1. The molecule has 10 rings (SSSR count). The molecule has 5 aromatic rings. The van der Waals surface area contributed by atoms with Gasteiger partial charge in [-0.2, -0.15) is 0 Å². The van der Waals surface area contributed by atoms with Gasteiger partial charge in [-0.3, -0.25) is 20.0 Å². The first-order valence-corrected chi connectivity index (χ1v) is 28.7. The van der Waals surface area contributed by atoms with E-state index in [4.69, 9.17) is 19.5 Å². The molecule has 1 spiro atoms. The van der Waals surface area contributed by atoms with Gasteiger partial charge in [0.15, 0.2) is 10.8 Å². The lowest BCUT2D eigenvalue weighted by Crippen LogP contribution is -2.57. The minimum Gasteiger partial charge on any atom is -0.476 e. The molecule has 6 atom stereocenters. The number of rotatable bonds is 23. The standard InChI is InChI=1S/C62H77N7O8S/c1-40(2)48(46-19-20-52(66-53(46)55(73)74)68-26-21-43-13-11-14-47(49(43)30-68)54(72)67-56-65-50-15-7-8-16-51(50)78-56)29-64-25-23-60-34-58(4)33-59(5)35-61(36-60,38-62(58,59)37-60)77-39-69(27-22-45(71)31-70)57(75)76-32-44-18-17-42(28-41(44)3)12-9-10-24-63-6/h7-8,11,13-20,28-29,45,63,70-71H,9-10,12,21-27,30-39H2,1-6H3,(H,73,74)(H,65,67,72)/b64-29-. The van der Waals surface area contributed by atoms with Crippen molar-refractivity contribution in [1.82, 2.24) is 20.2 Å². The second-order valence-corrected chi connectivity index (χ2v) is 25.1. The van der Waals surface area contributed by atoms with Gasteiger partial charge in [-0.05, 0) is 191 Å². The summed E-state index contributed by atoms with van der Waals surface area (Å²) >= 11 is 1.43. The quantitative estimate of drug-likeness (QED) is 0.0236. The van der Waals surface area contributed by atoms with Crippen molar-refractivity contribution in [2.45, 2.75) is 137 Å². The van der Waals surface area contributed by atoms with E-state index in [1.54, 1.807) is 4.90 Å². The van der Waals surface area contributed by atoms with E-state index in [1.165, 1.54) is 16.9 Å². The molecule has 0 radical (unpaired) electrons. The summed E-state index contributed by atoms with van der Waals surface area (Å²) in [6, 6.07) is 23.6. The monoisotopic (exact) mass is 1080 g/mol. The van der Waals surface area contributed by atoms with E-state index in [-0.39, 0.29) is 59.6 Å². The number of aliphatic hydroxyl groups excluding tert-OH is 2. The zero-order valence-electron chi connectivity index (χ0n) is 46.3. The maximum Gasteiger partial charge on any atom is 0.411 e. The Kier molecular flexibility index (Phi) is 15.8. The number of aliphatic imine (C=N–C) groups is 1. The number of carbonyl (C=O) groups excluding carboxylic acids is 2. The first kappa shape index (κ1) is 55.3. The fourth-order valence-corrected chi connectivity index (χ4v) is 16.0. The SMILES string of the molecule is CNCCCCc1ccc(COC(=O)N(CCC(O)CO)COC23CC4(CC/N=C\C(=C(C)C)c5ccc(N6CCc7cccc(C(=O)Nc8nc9ccccc9s8)c7C6)nc5C(=O)O)CC5(C)CC(C)(C2)C5(C4)C3)c(C)c1. The van der Waals surface area contributed by atoms with Crippen LogP contribution in [0.4, 0.5) is 15.7 Å². The van der Waals surface area contributed by atoms with Crippen LogP contribution in [0.5, 0.6) is 0 Å². The number of aliphatic hydroxyl groups is 2. The largest absolute Gasteiger partial charge is 0.476 e. The first-order chi connectivity index (χ1) is 37.4. The second-order valence-electron chi connectivity index (χ2n) is 24.1. The molecule has 4 fully saturated rings. The molecule has 5 N–H and O–H groups in total. The Balaban J connectivity index is 0.809. The fraction of sp³-hybridized carbons (Fsp3) is 0.516. The number of para-hydroxylation sites is 1. The molecule has 5 aliphatic rings. The number of fused-ring (bicyclic) bond motifs is 4. The van der Waals surface area contributed by atoms with E-state index >= 15 is 0 Å². The lowest BCUT2D eigenvalue weighted by atomic mass is 9.40. The van der Waals surface area contributed by atoms with Crippen LogP contribution in [-0.2, 0) is 35.5 Å². The molecule has 4 aliphatic carbocycles. The lowest BCUT2D eigenvalue weighted by molar-refractivity contribution is -0.159. The molecule has 15 nitrogen and oxygen atoms in total. The van der Waals surface area contributed by atoms with Gasteiger partial charge < -0.3 is 35.0 Å². The van der Waals surface area contributed by atoms with E-state index in [0.29, 0.717) is 48.1 Å². The normalized spacial score (nSPS) is 24.9. The molecule has 2 amide bonds. The summed E-state index contributed by atoms with van der Waals surface area (Å²) in [6.07, 6.45) is 11.3. The molecule has 4 saturated carbocycles. The number of hydrogen-bond donors (Lipinski definition) is 5. The number of aryl methyl sites for hydroxylation is 2.